The molecule has 0 N–H and O–H groups in total. The standard InChI is InChI=1S/C14H23N3O4S/c1-11-14(12(2)21-15-11)22(18,19)17-6-4-16(5-7-17)9-13-3-8-20-10-13/h13H,3-10H2,1-2H3/t13-/m1/s1. The van der Waals surface area contributed by atoms with Crippen LogP contribution in [0.5, 0.6) is 0 Å². The first kappa shape index (κ1) is 15.9. The summed E-state index contributed by atoms with van der Waals surface area (Å²) in [4.78, 5) is 2.56. The van der Waals surface area contributed by atoms with Gasteiger partial charge in [-0.2, -0.15) is 4.31 Å². The van der Waals surface area contributed by atoms with E-state index in [1.54, 1.807) is 18.2 Å². The fraction of sp³-hybridized carbons (Fsp3) is 0.786. The van der Waals surface area contributed by atoms with Gasteiger partial charge in [0, 0.05) is 39.3 Å². The molecule has 3 rings (SSSR count). The van der Waals surface area contributed by atoms with Gasteiger partial charge in [-0.25, -0.2) is 8.42 Å². The summed E-state index contributed by atoms with van der Waals surface area (Å²) >= 11 is 0. The molecular weight excluding hydrogens is 306 g/mol. The van der Waals surface area contributed by atoms with Crippen molar-refractivity contribution in [2.24, 2.45) is 5.92 Å². The summed E-state index contributed by atoms with van der Waals surface area (Å²) in [5.74, 6) is 0.953. The van der Waals surface area contributed by atoms with Crippen LogP contribution in [0.3, 0.4) is 0 Å². The molecule has 7 nitrogen and oxygen atoms in total. The van der Waals surface area contributed by atoms with Crippen LogP contribution in [0.4, 0.5) is 0 Å². The Balaban J connectivity index is 1.63. The van der Waals surface area contributed by atoms with Crippen LogP contribution < -0.4 is 0 Å². The maximum absolute atomic E-state index is 12.7. The van der Waals surface area contributed by atoms with Crippen molar-refractivity contribution in [1.29, 1.82) is 0 Å². The molecule has 0 radical (unpaired) electrons. The molecule has 0 amide bonds. The monoisotopic (exact) mass is 329 g/mol. The molecule has 1 aromatic rings. The number of hydrogen-bond donors (Lipinski definition) is 0. The quantitative estimate of drug-likeness (QED) is 0.807. The molecule has 2 aliphatic heterocycles. The summed E-state index contributed by atoms with van der Waals surface area (Å²) < 4.78 is 37.4. The van der Waals surface area contributed by atoms with Crippen LogP contribution in [-0.2, 0) is 14.8 Å². The van der Waals surface area contributed by atoms with Crippen molar-refractivity contribution < 1.29 is 17.7 Å². The van der Waals surface area contributed by atoms with Gasteiger partial charge in [0.2, 0.25) is 10.0 Å². The number of aryl methyl sites for hydroxylation is 2. The maximum atomic E-state index is 12.7. The number of ether oxygens (including phenoxy) is 1. The molecule has 124 valence electrons. The van der Waals surface area contributed by atoms with Gasteiger partial charge in [-0.1, -0.05) is 5.16 Å². The van der Waals surface area contributed by atoms with Crippen LogP contribution in [-0.4, -0.2) is 68.7 Å². The number of sulfonamides is 1. The molecule has 2 saturated heterocycles. The summed E-state index contributed by atoms with van der Waals surface area (Å²) in [5.41, 5.74) is 0.433. The molecule has 8 heteroatoms. The third kappa shape index (κ3) is 3.05. The van der Waals surface area contributed by atoms with E-state index in [0.717, 1.165) is 39.3 Å². The summed E-state index contributed by atoms with van der Waals surface area (Å²) in [5, 5.41) is 3.76. The van der Waals surface area contributed by atoms with Crippen LogP contribution in [0.15, 0.2) is 9.42 Å². The Kier molecular flexibility index (Phi) is 4.54. The van der Waals surface area contributed by atoms with Gasteiger partial charge >= 0.3 is 0 Å². The van der Waals surface area contributed by atoms with Crippen molar-refractivity contribution >= 4 is 10.0 Å². The SMILES string of the molecule is Cc1noc(C)c1S(=O)(=O)N1CCN(C[C@H]2CCOC2)CC1. The molecule has 0 bridgehead atoms. The van der Waals surface area contributed by atoms with E-state index < -0.39 is 10.0 Å². The Morgan fingerprint density at radius 1 is 1.23 bits per heavy atom. The van der Waals surface area contributed by atoms with Crippen molar-refractivity contribution in [3.63, 3.8) is 0 Å². The van der Waals surface area contributed by atoms with Gasteiger partial charge in [-0.15, -0.1) is 0 Å². The largest absolute Gasteiger partial charge is 0.381 e. The summed E-state index contributed by atoms with van der Waals surface area (Å²) in [6.07, 6.45) is 1.11. The first-order valence-electron chi connectivity index (χ1n) is 7.71. The number of piperazine rings is 1. The third-order valence-corrected chi connectivity index (χ3v) is 6.58. The van der Waals surface area contributed by atoms with Gasteiger partial charge in [0.05, 0.1) is 6.61 Å². The van der Waals surface area contributed by atoms with Gasteiger partial charge in [-0.05, 0) is 26.2 Å². The van der Waals surface area contributed by atoms with Gasteiger partial charge in [0.1, 0.15) is 10.6 Å². The molecule has 0 unspecified atom stereocenters. The molecule has 2 aliphatic rings. The zero-order valence-electron chi connectivity index (χ0n) is 13.1. The van der Waals surface area contributed by atoms with Gasteiger partial charge < -0.3 is 14.2 Å². The molecule has 0 saturated carbocycles. The maximum Gasteiger partial charge on any atom is 0.248 e. The average Bonchev–Trinajstić information content (AvgIpc) is 3.10. The number of nitrogens with zero attached hydrogens (tertiary/aromatic N) is 3. The van der Waals surface area contributed by atoms with Crippen LogP contribution in [0, 0.1) is 19.8 Å². The Bertz CT molecular complexity index is 595. The van der Waals surface area contributed by atoms with Crippen LogP contribution in [0.1, 0.15) is 17.9 Å². The molecule has 0 aliphatic carbocycles. The fourth-order valence-electron chi connectivity index (χ4n) is 3.22. The Hall–Kier alpha value is -0.960. The Morgan fingerprint density at radius 2 is 1.95 bits per heavy atom. The lowest BCUT2D eigenvalue weighted by Gasteiger charge is -2.34. The van der Waals surface area contributed by atoms with E-state index >= 15 is 0 Å². The van der Waals surface area contributed by atoms with E-state index in [9.17, 15) is 8.42 Å². The van der Waals surface area contributed by atoms with Crippen molar-refractivity contribution in [2.45, 2.75) is 25.2 Å². The summed E-state index contributed by atoms with van der Waals surface area (Å²) in [6, 6.07) is 0. The number of rotatable bonds is 4. The van der Waals surface area contributed by atoms with Crippen LogP contribution in [0.25, 0.3) is 0 Å². The van der Waals surface area contributed by atoms with E-state index in [1.165, 1.54) is 0 Å². The highest BCUT2D eigenvalue weighted by Gasteiger charge is 2.33. The average molecular weight is 329 g/mol. The lowest BCUT2D eigenvalue weighted by molar-refractivity contribution is 0.143. The molecule has 1 aromatic heterocycles. The van der Waals surface area contributed by atoms with Crippen molar-refractivity contribution in [2.75, 3.05) is 45.9 Å². The van der Waals surface area contributed by atoms with E-state index in [0.29, 0.717) is 30.5 Å². The van der Waals surface area contributed by atoms with Gasteiger partial charge in [0.15, 0.2) is 5.76 Å². The topological polar surface area (TPSA) is 75.9 Å². The molecule has 1 atom stereocenters. The highest BCUT2D eigenvalue weighted by molar-refractivity contribution is 7.89. The normalized spacial score (nSPS) is 24.9. The Morgan fingerprint density at radius 3 is 2.50 bits per heavy atom. The predicted molar refractivity (Wildman–Crippen MR) is 80.1 cm³/mol. The van der Waals surface area contributed by atoms with Crippen LogP contribution >= 0.6 is 0 Å². The smallest absolute Gasteiger partial charge is 0.248 e. The van der Waals surface area contributed by atoms with Crippen LogP contribution in [0.2, 0.25) is 0 Å². The minimum Gasteiger partial charge on any atom is -0.381 e. The first-order valence-corrected chi connectivity index (χ1v) is 9.15. The van der Waals surface area contributed by atoms with Crippen molar-refractivity contribution in [1.82, 2.24) is 14.4 Å². The Labute approximate surface area is 131 Å². The fourth-order valence-corrected chi connectivity index (χ4v) is 4.93. The van der Waals surface area contributed by atoms with Crippen molar-refractivity contribution in [3.05, 3.63) is 11.5 Å². The van der Waals surface area contributed by atoms with E-state index in [2.05, 4.69) is 10.1 Å². The second kappa shape index (κ2) is 6.27. The number of hydrogen-bond acceptors (Lipinski definition) is 6. The molecule has 3 heterocycles. The predicted octanol–water partition coefficient (Wildman–Crippen LogP) is 0.634. The number of aromatic nitrogens is 1. The zero-order valence-corrected chi connectivity index (χ0v) is 13.9. The van der Waals surface area contributed by atoms with E-state index in [4.69, 9.17) is 9.26 Å². The molecular formula is C14H23N3O4S. The molecule has 0 aromatic carbocycles. The highest BCUT2D eigenvalue weighted by atomic mass is 32.2. The van der Waals surface area contributed by atoms with E-state index in [1.807, 2.05) is 0 Å². The minimum atomic E-state index is -3.50. The lowest BCUT2D eigenvalue weighted by atomic mass is 10.1. The third-order valence-electron chi connectivity index (χ3n) is 4.44. The highest BCUT2D eigenvalue weighted by Crippen LogP contribution is 2.24. The van der Waals surface area contributed by atoms with E-state index in [-0.39, 0.29) is 4.90 Å². The van der Waals surface area contributed by atoms with Crippen molar-refractivity contribution in [3.8, 4) is 0 Å². The summed E-state index contributed by atoms with van der Waals surface area (Å²) in [7, 11) is -3.50. The lowest BCUT2D eigenvalue weighted by Crippen LogP contribution is -2.49. The van der Waals surface area contributed by atoms with Gasteiger partial charge in [-0.3, -0.25) is 0 Å². The minimum absolute atomic E-state index is 0.227. The summed E-state index contributed by atoms with van der Waals surface area (Å²) in [6.45, 7) is 8.54. The molecule has 0 spiro atoms. The molecule has 22 heavy (non-hydrogen) atoms. The zero-order chi connectivity index (χ0) is 15.7. The van der Waals surface area contributed by atoms with Gasteiger partial charge in [0.25, 0.3) is 0 Å². The molecule has 2 fully saturated rings. The second-order valence-corrected chi connectivity index (χ2v) is 7.96. The second-order valence-electron chi connectivity index (χ2n) is 6.09. The first-order chi connectivity index (χ1) is 10.5.